The van der Waals surface area contributed by atoms with Gasteiger partial charge in [-0.1, -0.05) is 12.1 Å². The molecule has 0 aliphatic rings. The monoisotopic (exact) mass is 466 g/mol. The minimum Gasteiger partial charge on any atom is -0.451 e. The molecule has 4 rings (SSSR count). The Bertz CT molecular complexity index is 1330. The van der Waals surface area contributed by atoms with Crippen LogP contribution >= 0.6 is 11.3 Å². The highest BCUT2D eigenvalue weighted by molar-refractivity contribution is 7.20. The van der Waals surface area contributed by atoms with Gasteiger partial charge < -0.3 is 15.4 Å². The number of hydrogen-bond acceptors (Lipinski definition) is 6. The van der Waals surface area contributed by atoms with Crippen LogP contribution in [0.3, 0.4) is 0 Å². The molecule has 4 aromatic rings. The predicted molar refractivity (Wildman–Crippen MR) is 123 cm³/mol. The molecule has 0 bridgehead atoms. The molecule has 0 radical (unpaired) electrons. The number of ether oxygens (including phenoxy) is 1. The lowest BCUT2D eigenvalue weighted by Gasteiger charge is -2.11. The highest BCUT2D eigenvalue weighted by Gasteiger charge is 2.18. The number of amides is 2. The number of nitrogens with one attached hydrogen (secondary N) is 2. The van der Waals surface area contributed by atoms with Crippen molar-refractivity contribution in [3.8, 4) is 0 Å². The van der Waals surface area contributed by atoms with Crippen LogP contribution < -0.4 is 10.6 Å². The number of fused-ring (bicyclic) bond motifs is 1. The molecule has 0 aliphatic carbocycles. The Labute approximate surface area is 192 Å². The zero-order valence-corrected chi connectivity index (χ0v) is 18.5. The van der Waals surface area contributed by atoms with Gasteiger partial charge in [0, 0.05) is 18.1 Å². The Morgan fingerprint density at radius 3 is 2.55 bits per heavy atom. The summed E-state index contributed by atoms with van der Waals surface area (Å²) < 4.78 is 19.9. The summed E-state index contributed by atoms with van der Waals surface area (Å²) in [6.07, 6.45) is 0. The zero-order chi connectivity index (χ0) is 23.5. The molecular formula is C23H19FN4O4S. The normalized spacial score (nSPS) is 10.8. The number of benzene rings is 2. The first-order chi connectivity index (χ1) is 15.8. The number of nitrogens with zero attached hydrogens (tertiary/aromatic N) is 2. The lowest BCUT2D eigenvalue weighted by Crippen LogP contribution is -2.23. The van der Waals surface area contributed by atoms with E-state index in [2.05, 4.69) is 15.7 Å². The number of halogens is 1. The summed E-state index contributed by atoms with van der Waals surface area (Å²) in [6.45, 7) is 1.33. The highest BCUT2D eigenvalue weighted by atomic mass is 32.1. The quantitative estimate of drug-likeness (QED) is 0.416. The number of thiophene rings is 1. The molecule has 168 valence electrons. The molecule has 2 aromatic carbocycles. The summed E-state index contributed by atoms with van der Waals surface area (Å²) in [4.78, 5) is 38.6. The smallest absolute Gasteiger partial charge is 0.348 e. The Hall–Kier alpha value is -4.05. The van der Waals surface area contributed by atoms with Crippen molar-refractivity contribution in [3.05, 3.63) is 76.5 Å². The van der Waals surface area contributed by atoms with Crippen LogP contribution in [0.2, 0.25) is 0 Å². The van der Waals surface area contributed by atoms with Crippen molar-refractivity contribution >= 4 is 50.7 Å². The molecule has 0 unspecified atom stereocenters. The largest absolute Gasteiger partial charge is 0.451 e. The van der Waals surface area contributed by atoms with Gasteiger partial charge in [0.1, 0.15) is 15.5 Å². The van der Waals surface area contributed by atoms with Gasteiger partial charge in [-0.15, -0.1) is 11.3 Å². The summed E-state index contributed by atoms with van der Waals surface area (Å²) in [6, 6.07) is 13.4. The van der Waals surface area contributed by atoms with Crippen LogP contribution in [0.4, 0.5) is 15.8 Å². The van der Waals surface area contributed by atoms with E-state index in [1.54, 1.807) is 36.0 Å². The molecule has 0 saturated carbocycles. The molecule has 33 heavy (non-hydrogen) atoms. The van der Waals surface area contributed by atoms with Crippen LogP contribution in [-0.2, 0) is 16.6 Å². The van der Waals surface area contributed by atoms with E-state index >= 15 is 0 Å². The van der Waals surface area contributed by atoms with Crippen molar-refractivity contribution in [3.63, 3.8) is 0 Å². The predicted octanol–water partition coefficient (Wildman–Crippen LogP) is 4.13. The first kappa shape index (κ1) is 22.2. The number of hydrogen-bond donors (Lipinski definition) is 2. The fraction of sp³-hybridized carbons (Fsp3) is 0.130. The number of carbonyl (C=O) groups excluding carboxylic acids is 3. The van der Waals surface area contributed by atoms with Gasteiger partial charge in [-0.3, -0.25) is 14.3 Å². The molecule has 2 amide bonds. The molecule has 0 aliphatic heterocycles. The maximum absolute atomic E-state index is 13.1. The topological polar surface area (TPSA) is 102 Å². The Balaban J connectivity index is 1.39. The summed E-state index contributed by atoms with van der Waals surface area (Å²) in [7, 11) is 1.79. The number of carbonyl (C=O) groups is 3. The maximum atomic E-state index is 13.1. The molecule has 2 N–H and O–H groups in total. The van der Waals surface area contributed by atoms with E-state index in [-0.39, 0.29) is 11.3 Å². The van der Waals surface area contributed by atoms with E-state index in [1.807, 2.05) is 6.92 Å². The third-order valence-corrected chi connectivity index (χ3v) is 5.96. The lowest BCUT2D eigenvalue weighted by atomic mass is 10.1. The highest BCUT2D eigenvalue weighted by Crippen LogP contribution is 2.28. The van der Waals surface area contributed by atoms with E-state index in [9.17, 15) is 18.8 Å². The van der Waals surface area contributed by atoms with E-state index < -0.39 is 30.2 Å². The van der Waals surface area contributed by atoms with Crippen LogP contribution in [0.5, 0.6) is 0 Å². The van der Waals surface area contributed by atoms with Crippen molar-refractivity contribution in [2.75, 3.05) is 17.2 Å². The molecule has 0 saturated heterocycles. The SMILES string of the molecule is Cc1nn(C)c2sc(C(=O)OCC(=O)Nc3ccccc3C(=O)Nc3ccc(F)cc3)cc12. The Morgan fingerprint density at radius 2 is 1.82 bits per heavy atom. The maximum Gasteiger partial charge on any atom is 0.348 e. The van der Waals surface area contributed by atoms with Crippen molar-refractivity contribution in [2.24, 2.45) is 7.05 Å². The van der Waals surface area contributed by atoms with Crippen molar-refractivity contribution < 1.29 is 23.5 Å². The number of para-hydroxylation sites is 1. The number of rotatable bonds is 6. The average Bonchev–Trinajstić information content (AvgIpc) is 3.35. The number of aryl methyl sites for hydroxylation is 2. The molecular weight excluding hydrogens is 447 g/mol. The third-order valence-electron chi connectivity index (χ3n) is 4.78. The van der Waals surface area contributed by atoms with Crippen LogP contribution in [0.1, 0.15) is 25.7 Å². The van der Waals surface area contributed by atoms with Gasteiger partial charge in [-0.25, -0.2) is 9.18 Å². The summed E-state index contributed by atoms with van der Waals surface area (Å²) in [5.41, 5.74) is 1.66. The van der Waals surface area contributed by atoms with Crippen LogP contribution in [0.25, 0.3) is 10.2 Å². The van der Waals surface area contributed by atoms with Gasteiger partial charge in [-0.05, 0) is 49.4 Å². The van der Waals surface area contributed by atoms with E-state index in [4.69, 9.17) is 4.74 Å². The van der Waals surface area contributed by atoms with Gasteiger partial charge in [0.15, 0.2) is 6.61 Å². The molecule has 2 heterocycles. The van der Waals surface area contributed by atoms with Gasteiger partial charge in [-0.2, -0.15) is 5.10 Å². The summed E-state index contributed by atoms with van der Waals surface area (Å²) in [5, 5.41) is 10.4. The molecule has 0 atom stereocenters. The van der Waals surface area contributed by atoms with E-state index in [0.29, 0.717) is 10.6 Å². The first-order valence-corrected chi connectivity index (χ1v) is 10.7. The second-order valence-electron chi connectivity index (χ2n) is 7.17. The van der Waals surface area contributed by atoms with Crippen LogP contribution in [0.15, 0.2) is 54.6 Å². The number of esters is 1. The summed E-state index contributed by atoms with van der Waals surface area (Å²) >= 11 is 1.23. The molecule has 2 aromatic heterocycles. The minimum atomic E-state index is -0.618. The fourth-order valence-electron chi connectivity index (χ4n) is 3.22. The first-order valence-electron chi connectivity index (χ1n) is 9.88. The van der Waals surface area contributed by atoms with Crippen molar-refractivity contribution in [2.45, 2.75) is 6.92 Å². The average molecular weight is 466 g/mol. The van der Waals surface area contributed by atoms with Crippen molar-refractivity contribution in [1.82, 2.24) is 9.78 Å². The van der Waals surface area contributed by atoms with Crippen molar-refractivity contribution in [1.29, 1.82) is 0 Å². The fourth-order valence-corrected chi connectivity index (χ4v) is 4.23. The molecule has 0 fully saturated rings. The van der Waals surface area contributed by atoms with Gasteiger partial charge >= 0.3 is 5.97 Å². The molecule has 8 nitrogen and oxygen atoms in total. The van der Waals surface area contributed by atoms with E-state index in [1.165, 1.54) is 41.7 Å². The number of aromatic nitrogens is 2. The van der Waals surface area contributed by atoms with Gasteiger partial charge in [0.25, 0.3) is 11.8 Å². The summed E-state index contributed by atoms with van der Waals surface area (Å²) in [5.74, 6) is -2.11. The van der Waals surface area contributed by atoms with E-state index in [0.717, 1.165) is 15.9 Å². The van der Waals surface area contributed by atoms with Crippen LogP contribution in [-0.4, -0.2) is 34.2 Å². The molecule has 10 heteroatoms. The van der Waals surface area contributed by atoms with Crippen LogP contribution in [0, 0.1) is 12.7 Å². The Morgan fingerprint density at radius 1 is 1.09 bits per heavy atom. The second kappa shape index (κ2) is 9.21. The Kier molecular flexibility index (Phi) is 6.18. The minimum absolute atomic E-state index is 0.203. The number of anilines is 2. The van der Waals surface area contributed by atoms with Gasteiger partial charge in [0.2, 0.25) is 0 Å². The second-order valence-corrected chi connectivity index (χ2v) is 8.20. The molecule has 0 spiro atoms. The standard InChI is InChI=1S/C23H19FN4O4S/c1-13-17-11-19(33-22(17)28(2)27-13)23(31)32-12-20(29)26-18-6-4-3-5-16(18)21(30)25-15-9-7-14(24)8-10-15/h3-11H,12H2,1-2H3,(H,25,30)(H,26,29). The zero-order valence-electron chi connectivity index (χ0n) is 17.7. The third kappa shape index (κ3) is 4.90. The lowest BCUT2D eigenvalue weighted by molar-refractivity contribution is -0.119. The van der Waals surface area contributed by atoms with Gasteiger partial charge in [0.05, 0.1) is 16.9 Å².